The van der Waals surface area contributed by atoms with E-state index < -0.39 is 5.97 Å². The van der Waals surface area contributed by atoms with E-state index in [1.807, 2.05) is 0 Å². The Morgan fingerprint density at radius 1 is 1.26 bits per heavy atom. The molecule has 31 heavy (non-hydrogen) atoms. The van der Waals surface area contributed by atoms with Crippen LogP contribution in [0.1, 0.15) is 62.7 Å². The molecule has 1 aromatic carbocycles. The highest BCUT2D eigenvalue weighted by molar-refractivity contribution is 6.06. The number of nitrogens with one attached hydrogen (secondary N) is 1. The Morgan fingerprint density at radius 2 is 2.06 bits per heavy atom. The van der Waals surface area contributed by atoms with E-state index >= 15 is 0 Å². The highest BCUT2D eigenvalue weighted by Gasteiger charge is 2.57. The number of carbonyl (C=O) groups excluding carboxylic acids is 1. The Labute approximate surface area is 182 Å². The van der Waals surface area contributed by atoms with Crippen LogP contribution in [0.5, 0.6) is 5.75 Å². The molecule has 0 unspecified atom stereocenters. The second kappa shape index (κ2) is 8.40. The third-order valence-electron chi connectivity index (χ3n) is 7.54. The van der Waals surface area contributed by atoms with Gasteiger partial charge in [-0.05, 0) is 73.5 Å². The first-order valence-electron chi connectivity index (χ1n) is 11.1. The number of furan rings is 1. The quantitative estimate of drug-likeness (QED) is 0.403. The molecule has 0 saturated heterocycles. The Kier molecular flexibility index (Phi) is 5.82. The van der Waals surface area contributed by atoms with Crippen LogP contribution < -0.4 is 5.32 Å². The molecule has 2 aromatic rings. The summed E-state index contributed by atoms with van der Waals surface area (Å²) in [5, 5.41) is 22.5. The Bertz CT molecular complexity index is 1000. The standard InChI is InChI=1S/C25H31NO5/c1-25(2)16-11-15(7-5-3-4-6-8-22(28)29)23(20(25)12-16)26-24(30)19-14-31-21-10-9-17(27)13-18(19)21/h3,5,9-10,13-16,20,23,27H,4,6-8,11-12H2,1-2H3,(H,26,30)(H,28,29)/b5-3-/t15-,16+,20+,23+/m0/s1. The summed E-state index contributed by atoms with van der Waals surface area (Å²) in [6, 6.07) is 4.86. The maximum Gasteiger partial charge on any atom is 0.303 e. The molecule has 0 aliphatic heterocycles. The van der Waals surface area contributed by atoms with Crippen LogP contribution in [-0.2, 0) is 4.79 Å². The number of aliphatic carboxylic acids is 1. The van der Waals surface area contributed by atoms with Crippen molar-refractivity contribution < 1.29 is 24.2 Å². The van der Waals surface area contributed by atoms with Crippen LogP contribution >= 0.6 is 0 Å². The van der Waals surface area contributed by atoms with Gasteiger partial charge in [0, 0.05) is 17.8 Å². The van der Waals surface area contributed by atoms with Crippen LogP contribution in [-0.4, -0.2) is 28.1 Å². The van der Waals surface area contributed by atoms with Gasteiger partial charge in [-0.2, -0.15) is 0 Å². The minimum Gasteiger partial charge on any atom is -0.508 e. The Morgan fingerprint density at radius 3 is 2.81 bits per heavy atom. The smallest absolute Gasteiger partial charge is 0.303 e. The first kappa shape index (κ1) is 21.5. The molecule has 6 nitrogen and oxygen atoms in total. The maximum absolute atomic E-state index is 13.2. The number of unbranched alkanes of at least 4 members (excludes halogenated alkanes) is 1. The monoisotopic (exact) mass is 425 g/mol. The van der Waals surface area contributed by atoms with E-state index in [0.29, 0.717) is 40.7 Å². The van der Waals surface area contributed by atoms with Gasteiger partial charge in [0.05, 0.1) is 5.56 Å². The van der Waals surface area contributed by atoms with Crippen LogP contribution in [0.3, 0.4) is 0 Å². The number of fused-ring (bicyclic) bond motifs is 3. The fraction of sp³-hybridized carbons (Fsp3) is 0.520. The van der Waals surface area contributed by atoms with Crippen molar-refractivity contribution in [3.8, 4) is 5.75 Å². The van der Waals surface area contributed by atoms with E-state index in [2.05, 4.69) is 31.3 Å². The van der Waals surface area contributed by atoms with Crippen molar-refractivity contribution in [2.24, 2.45) is 23.2 Å². The summed E-state index contributed by atoms with van der Waals surface area (Å²) in [4.78, 5) is 23.8. The molecule has 1 amide bonds. The van der Waals surface area contributed by atoms with Crippen molar-refractivity contribution >= 4 is 22.8 Å². The number of hydrogen-bond donors (Lipinski definition) is 3. The minimum atomic E-state index is -0.758. The molecule has 0 spiro atoms. The second-order valence-electron chi connectivity index (χ2n) is 9.68. The predicted molar refractivity (Wildman–Crippen MR) is 118 cm³/mol. The lowest BCUT2D eigenvalue weighted by Crippen LogP contribution is -2.63. The van der Waals surface area contributed by atoms with Gasteiger partial charge in [-0.1, -0.05) is 26.0 Å². The van der Waals surface area contributed by atoms with E-state index in [0.717, 1.165) is 25.7 Å². The Hall–Kier alpha value is -2.76. The Balaban J connectivity index is 1.46. The summed E-state index contributed by atoms with van der Waals surface area (Å²) in [7, 11) is 0. The lowest BCUT2D eigenvalue weighted by molar-refractivity contribution is -0.137. The first-order chi connectivity index (χ1) is 14.8. The second-order valence-corrected chi connectivity index (χ2v) is 9.68. The minimum absolute atomic E-state index is 0.0819. The molecule has 3 fully saturated rings. The molecule has 2 bridgehead atoms. The predicted octanol–water partition coefficient (Wildman–Crippen LogP) is 5.12. The van der Waals surface area contributed by atoms with Crippen molar-refractivity contribution in [1.29, 1.82) is 0 Å². The van der Waals surface area contributed by atoms with Gasteiger partial charge in [-0.3, -0.25) is 9.59 Å². The number of rotatable bonds is 8. The zero-order valence-corrected chi connectivity index (χ0v) is 18.1. The van der Waals surface area contributed by atoms with Gasteiger partial charge in [0.2, 0.25) is 0 Å². The number of benzene rings is 1. The molecule has 0 radical (unpaired) electrons. The number of carbonyl (C=O) groups is 2. The van der Waals surface area contributed by atoms with Crippen molar-refractivity contribution in [2.75, 3.05) is 0 Å². The van der Waals surface area contributed by atoms with Crippen molar-refractivity contribution in [1.82, 2.24) is 5.32 Å². The fourth-order valence-electron chi connectivity index (χ4n) is 5.55. The third kappa shape index (κ3) is 4.21. The molecule has 166 valence electrons. The highest BCUT2D eigenvalue weighted by Crippen LogP contribution is 2.61. The molecule has 3 N–H and O–H groups in total. The average Bonchev–Trinajstić information content (AvgIpc) is 3.13. The SMILES string of the molecule is CC1(C)[C@@H]2C[C@H](C/C=C\CCCC(=O)O)[C@@H](NC(=O)c3coc4ccc(O)cc34)[C@H]1C2. The van der Waals surface area contributed by atoms with Gasteiger partial charge in [0.25, 0.3) is 5.91 Å². The van der Waals surface area contributed by atoms with E-state index in [4.69, 9.17) is 9.52 Å². The van der Waals surface area contributed by atoms with E-state index in [-0.39, 0.29) is 29.5 Å². The molecule has 3 aliphatic carbocycles. The third-order valence-corrected chi connectivity index (χ3v) is 7.54. The number of aromatic hydroxyl groups is 1. The average molecular weight is 426 g/mol. The summed E-state index contributed by atoms with van der Waals surface area (Å²) >= 11 is 0. The summed E-state index contributed by atoms with van der Waals surface area (Å²) in [6.45, 7) is 4.60. The number of allylic oxidation sites excluding steroid dienone is 2. The summed E-state index contributed by atoms with van der Waals surface area (Å²) in [6.07, 6.45) is 10.4. The molecule has 3 aliphatic rings. The molecule has 1 aromatic heterocycles. The normalized spacial score (nSPS) is 26.6. The summed E-state index contributed by atoms with van der Waals surface area (Å²) < 4.78 is 5.51. The van der Waals surface area contributed by atoms with Crippen molar-refractivity contribution in [2.45, 2.75) is 58.4 Å². The summed E-state index contributed by atoms with van der Waals surface area (Å²) in [5.74, 6) is 0.671. The van der Waals surface area contributed by atoms with Gasteiger partial charge in [0.1, 0.15) is 17.6 Å². The number of phenols is 1. The lowest BCUT2D eigenvalue weighted by atomic mass is 9.44. The molecule has 4 atom stereocenters. The lowest BCUT2D eigenvalue weighted by Gasteiger charge is -2.62. The van der Waals surface area contributed by atoms with Crippen LogP contribution in [0.2, 0.25) is 0 Å². The highest BCUT2D eigenvalue weighted by atomic mass is 16.4. The van der Waals surface area contributed by atoms with E-state index in [1.165, 1.54) is 6.26 Å². The largest absolute Gasteiger partial charge is 0.508 e. The number of amides is 1. The number of carboxylic acids is 1. The van der Waals surface area contributed by atoms with Crippen molar-refractivity contribution in [3.63, 3.8) is 0 Å². The number of carboxylic acid groups (broad SMARTS) is 1. The zero-order valence-electron chi connectivity index (χ0n) is 18.1. The number of phenolic OH excluding ortho intramolecular Hbond substituents is 1. The first-order valence-corrected chi connectivity index (χ1v) is 11.1. The van der Waals surface area contributed by atoms with Gasteiger partial charge in [-0.25, -0.2) is 0 Å². The van der Waals surface area contributed by atoms with Crippen LogP contribution in [0, 0.1) is 23.2 Å². The van der Waals surface area contributed by atoms with E-state index in [1.54, 1.807) is 18.2 Å². The zero-order chi connectivity index (χ0) is 22.2. The molecule has 3 saturated carbocycles. The van der Waals surface area contributed by atoms with Crippen LogP contribution in [0.25, 0.3) is 11.0 Å². The summed E-state index contributed by atoms with van der Waals surface area (Å²) in [5.41, 5.74) is 1.25. The van der Waals surface area contributed by atoms with Crippen molar-refractivity contribution in [3.05, 3.63) is 42.2 Å². The topological polar surface area (TPSA) is 99.8 Å². The van der Waals surface area contributed by atoms with Gasteiger partial charge < -0.3 is 19.9 Å². The van der Waals surface area contributed by atoms with Crippen LogP contribution in [0.4, 0.5) is 0 Å². The molecule has 6 heteroatoms. The maximum atomic E-state index is 13.2. The molecular formula is C25H31NO5. The molecule has 1 heterocycles. The number of hydrogen-bond acceptors (Lipinski definition) is 4. The van der Waals surface area contributed by atoms with Crippen LogP contribution in [0.15, 0.2) is 41.0 Å². The van der Waals surface area contributed by atoms with Gasteiger partial charge in [0.15, 0.2) is 0 Å². The molecular weight excluding hydrogens is 394 g/mol. The van der Waals surface area contributed by atoms with Gasteiger partial charge in [-0.15, -0.1) is 0 Å². The van der Waals surface area contributed by atoms with E-state index in [9.17, 15) is 14.7 Å². The fourth-order valence-corrected chi connectivity index (χ4v) is 5.55. The van der Waals surface area contributed by atoms with Gasteiger partial charge >= 0.3 is 5.97 Å². The molecule has 5 rings (SSSR count).